The topological polar surface area (TPSA) is 52.0 Å². The number of hydrogen-bond acceptors (Lipinski definition) is 4. The van der Waals surface area contributed by atoms with Gasteiger partial charge in [-0.15, -0.1) is 18.5 Å². The van der Waals surface area contributed by atoms with E-state index in [4.69, 9.17) is 11.5 Å². The van der Waals surface area contributed by atoms with E-state index in [0.29, 0.717) is 0 Å². The molecular formula is C12H34N2P2S2. The monoisotopic (exact) mass is 332 g/mol. The van der Waals surface area contributed by atoms with Crippen molar-refractivity contribution >= 4 is 43.7 Å². The van der Waals surface area contributed by atoms with Gasteiger partial charge in [0.25, 0.3) is 0 Å². The summed E-state index contributed by atoms with van der Waals surface area (Å²) < 4.78 is 0. The predicted molar refractivity (Wildman–Crippen MR) is 103 cm³/mol. The highest BCUT2D eigenvalue weighted by molar-refractivity contribution is 7.80. The lowest BCUT2D eigenvalue weighted by molar-refractivity contribution is 0.815. The summed E-state index contributed by atoms with van der Waals surface area (Å²) in [5, 5.41) is 0. The second-order valence-electron chi connectivity index (χ2n) is 3.72. The highest BCUT2D eigenvalue weighted by Gasteiger charge is 1.76. The molecule has 114 valence electrons. The smallest absolute Gasteiger partial charge is 0.00770 e. The number of thiol groups is 2. The van der Waals surface area contributed by atoms with E-state index in [1.807, 2.05) is 0 Å². The predicted octanol–water partition coefficient (Wildman–Crippen LogP) is 2.83. The Bertz CT molecular complexity index is 81.1. The maximum atomic E-state index is 5.21. The average molecular weight is 333 g/mol. The van der Waals surface area contributed by atoms with Gasteiger partial charge in [0.1, 0.15) is 0 Å². The molecule has 6 heteroatoms. The Kier molecular flexibility index (Phi) is 42.3. The Morgan fingerprint density at radius 1 is 0.611 bits per heavy atom. The van der Waals surface area contributed by atoms with Crippen molar-refractivity contribution in [2.24, 2.45) is 11.5 Å². The van der Waals surface area contributed by atoms with Gasteiger partial charge in [-0.05, 0) is 75.4 Å². The first-order chi connectivity index (χ1) is 8.74. The molecule has 2 atom stereocenters. The molecule has 0 spiro atoms. The molecule has 0 saturated heterocycles. The molecule has 4 N–H and O–H groups in total. The Balaban J connectivity index is -0.000000187. The molecule has 0 aromatic carbocycles. The summed E-state index contributed by atoms with van der Waals surface area (Å²) in [4.78, 5) is 0. The van der Waals surface area contributed by atoms with Gasteiger partial charge in [0.2, 0.25) is 0 Å². The fraction of sp³-hybridized carbons (Fsp3) is 1.00. The van der Waals surface area contributed by atoms with Crippen LogP contribution in [0.2, 0.25) is 0 Å². The molecule has 0 saturated carbocycles. The molecule has 0 aliphatic rings. The lowest BCUT2D eigenvalue weighted by Gasteiger charge is -1.86. The summed E-state index contributed by atoms with van der Waals surface area (Å²) in [6.45, 7) is 1.65. The van der Waals surface area contributed by atoms with Crippen LogP contribution in [0.25, 0.3) is 0 Å². The molecule has 2 unspecified atom stereocenters. The second kappa shape index (κ2) is 31.1. The maximum Gasteiger partial charge on any atom is -0.00770 e. The van der Waals surface area contributed by atoms with Gasteiger partial charge in [-0.1, -0.05) is 0 Å². The van der Waals surface area contributed by atoms with Gasteiger partial charge >= 0.3 is 0 Å². The summed E-state index contributed by atoms with van der Waals surface area (Å²) in [5.41, 5.74) is 10.4. The third-order valence-corrected chi connectivity index (χ3v) is 3.33. The minimum atomic E-state index is 0.806. The summed E-state index contributed by atoms with van der Waals surface area (Å²) in [6, 6.07) is 0. The van der Waals surface area contributed by atoms with Crippen molar-refractivity contribution < 1.29 is 0 Å². The highest BCUT2D eigenvalue weighted by Crippen LogP contribution is 1.94. The fourth-order valence-corrected chi connectivity index (χ4v) is 1.83. The van der Waals surface area contributed by atoms with Crippen molar-refractivity contribution in [3.8, 4) is 0 Å². The molecule has 0 aliphatic carbocycles. The van der Waals surface area contributed by atoms with Crippen molar-refractivity contribution in [1.82, 2.24) is 0 Å². The minimum Gasteiger partial charge on any atom is -0.330 e. The van der Waals surface area contributed by atoms with Crippen molar-refractivity contribution in [1.29, 1.82) is 0 Å². The van der Waals surface area contributed by atoms with Gasteiger partial charge in [-0.3, -0.25) is 0 Å². The fourth-order valence-electron chi connectivity index (χ4n) is 0.801. The molecule has 0 radical (unpaired) electrons. The van der Waals surface area contributed by atoms with Crippen LogP contribution in [-0.2, 0) is 0 Å². The molecule has 0 aromatic rings. The van der Waals surface area contributed by atoms with Crippen molar-refractivity contribution in [3.63, 3.8) is 0 Å². The third kappa shape index (κ3) is 43.2. The largest absolute Gasteiger partial charge is 0.330 e. The van der Waals surface area contributed by atoms with E-state index in [2.05, 4.69) is 43.7 Å². The summed E-state index contributed by atoms with van der Waals surface area (Å²) in [5.74, 6) is 2.01. The molecule has 0 heterocycles. The van der Waals surface area contributed by atoms with Crippen LogP contribution < -0.4 is 11.5 Å². The molecule has 0 aliphatic heterocycles. The van der Waals surface area contributed by atoms with E-state index in [0.717, 1.165) is 37.4 Å². The van der Waals surface area contributed by atoms with Crippen LogP contribution in [-0.4, -0.2) is 36.9 Å². The number of hydrogen-bond donors (Lipinski definition) is 4. The molecule has 0 rings (SSSR count). The molecule has 0 fully saturated rings. The molecular weight excluding hydrogens is 298 g/mol. The van der Waals surface area contributed by atoms with E-state index in [1.54, 1.807) is 0 Å². The minimum absolute atomic E-state index is 0.806. The normalized spacial score (nSPS) is 9.00. The molecule has 18 heavy (non-hydrogen) atoms. The van der Waals surface area contributed by atoms with Crippen LogP contribution in [0.1, 0.15) is 38.5 Å². The van der Waals surface area contributed by atoms with Crippen LogP contribution in [0.5, 0.6) is 0 Å². The van der Waals surface area contributed by atoms with Gasteiger partial charge in [0.15, 0.2) is 0 Å². The van der Waals surface area contributed by atoms with E-state index < -0.39 is 0 Å². The van der Waals surface area contributed by atoms with Gasteiger partial charge in [0.05, 0.1) is 0 Å². The van der Waals surface area contributed by atoms with Crippen molar-refractivity contribution in [2.45, 2.75) is 38.5 Å². The van der Waals surface area contributed by atoms with Crippen LogP contribution in [0.3, 0.4) is 0 Å². The van der Waals surface area contributed by atoms with Gasteiger partial charge in [0, 0.05) is 0 Å². The molecule has 0 amide bonds. The van der Waals surface area contributed by atoms with E-state index in [-0.39, 0.29) is 0 Å². The van der Waals surface area contributed by atoms with Crippen LogP contribution >= 0.6 is 43.7 Å². The Labute approximate surface area is 130 Å². The van der Waals surface area contributed by atoms with E-state index in [1.165, 1.54) is 38.0 Å². The number of unbranched alkanes of at least 4 members (excludes halogenated alkanes) is 3. The van der Waals surface area contributed by atoms with Crippen LogP contribution in [0.4, 0.5) is 0 Å². The summed E-state index contributed by atoms with van der Waals surface area (Å²) in [7, 11) is 5.37. The lowest BCUT2D eigenvalue weighted by Crippen LogP contribution is -1.97. The first kappa shape index (κ1) is 24.5. The summed E-state index contributed by atoms with van der Waals surface area (Å²) >= 11 is 8.04. The number of nitrogens with two attached hydrogens (primary N) is 2. The highest BCUT2D eigenvalue weighted by atomic mass is 32.1. The average Bonchev–Trinajstić information content (AvgIpc) is 2.42. The molecule has 0 aromatic heterocycles. The maximum absolute atomic E-state index is 5.21. The first-order valence-electron chi connectivity index (χ1n) is 6.77. The molecule has 0 bridgehead atoms. The molecule has 2 nitrogen and oxygen atoms in total. The van der Waals surface area contributed by atoms with E-state index in [9.17, 15) is 0 Å². The Hall–Kier alpha value is 1.48. The van der Waals surface area contributed by atoms with Gasteiger partial charge in [-0.2, -0.15) is 25.3 Å². The van der Waals surface area contributed by atoms with Crippen LogP contribution in [0, 0.1) is 0 Å². The zero-order valence-corrected chi connectivity index (χ0v) is 15.8. The van der Waals surface area contributed by atoms with Crippen LogP contribution in [0.15, 0.2) is 0 Å². The summed E-state index contributed by atoms with van der Waals surface area (Å²) in [6.07, 6.45) is 9.66. The zero-order valence-electron chi connectivity index (χ0n) is 11.7. The standard InChI is InChI=1S/C4H12NP.C4H11NS.C4H11PS/c3*5-3-1-2-4-6/h1-6H2;2*6H,1-5H2. The van der Waals surface area contributed by atoms with Crippen molar-refractivity contribution in [2.75, 3.05) is 36.9 Å². The van der Waals surface area contributed by atoms with Crippen molar-refractivity contribution in [3.05, 3.63) is 0 Å². The third-order valence-electron chi connectivity index (χ3n) is 1.88. The van der Waals surface area contributed by atoms with E-state index >= 15 is 0 Å². The second-order valence-corrected chi connectivity index (χ2v) is 5.77. The quantitative estimate of drug-likeness (QED) is 0.298. The Morgan fingerprint density at radius 3 is 1.11 bits per heavy atom. The Morgan fingerprint density at radius 2 is 0.944 bits per heavy atom. The lowest BCUT2D eigenvalue weighted by atomic mass is 10.3. The van der Waals surface area contributed by atoms with Gasteiger partial charge in [-0.25, -0.2) is 0 Å². The number of rotatable bonds is 9. The van der Waals surface area contributed by atoms with Gasteiger partial charge < -0.3 is 11.5 Å². The first-order valence-corrected chi connectivity index (χ1v) is 9.66. The zero-order chi connectivity index (χ0) is 14.5. The SMILES string of the molecule is NCCCCP.NCCCCS.PCCCCS.